The Labute approximate surface area is 155 Å². The number of fused-ring (bicyclic) bond motifs is 1. The molecule has 0 atom stereocenters. The molecule has 0 unspecified atom stereocenters. The van der Waals surface area contributed by atoms with Crippen molar-refractivity contribution >= 4 is 32.6 Å². The first-order valence-corrected chi connectivity index (χ1v) is 9.43. The summed E-state index contributed by atoms with van der Waals surface area (Å²) in [6, 6.07) is 6.17. The van der Waals surface area contributed by atoms with Gasteiger partial charge < -0.3 is 19.5 Å². The third-order valence-electron chi connectivity index (χ3n) is 4.74. The van der Waals surface area contributed by atoms with E-state index in [0.717, 1.165) is 47.0 Å². The number of thiazole rings is 1. The van der Waals surface area contributed by atoms with Crippen molar-refractivity contribution in [1.29, 1.82) is 0 Å². The second-order valence-electron chi connectivity index (χ2n) is 6.43. The van der Waals surface area contributed by atoms with Crippen LogP contribution < -0.4 is 15.0 Å². The van der Waals surface area contributed by atoms with Gasteiger partial charge in [0.2, 0.25) is 0 Å². The van der Waals surface area contributed by atoms with Crippen molar-refractivity contribution in [3.63, 3.8) is 0 Å². The van der Waals surface area contributed by atoms with Gasteiger partial charge in [-0.1, -0.05) is 17.4 Å². The number of piperidine rings is 1. The van der Waals surface area contributed by atoms with E-state index in [9.17, 15) is 4.79 Å². The summed E-state index contributed by atoms with van der Waals surface area (Å²) < 4.78 is 8.27. The Morgan fingerprint density at radius 2 is 2.15 bits per heavy atom. The van der Waals surface area contributed by atoms with Gasteiger partial charge in [0.05, 0.1) is 24.3 Å². The zero-order valence-electron chi connectivity index (χ0n) is 14.8. The number of amides is 1. The highest BCUT2D eigenvalue weighted by Gasteiger charge is 2.24. The zero-order chi connectivity index (χ0) is 18.1. The van der Waals surface area contributed by atoms with Crippen LogP contribution in [0.2, 0.25) is 0 Å². The molecule has 1 saturated heterocycles. The van der Waals surface area contributed by atoms with Gasteiger partial charge >= 0.3 is 0 Å². The number of para-hydroxylation sites is 1. The third-order valence-corrected chi connectivity index (χ3v) is 5.82. The molecule has 8 heteroatoms. The summed E-state index contributed by atoms with van der Waals surface area (Å²) >= 11 is 1.68. The molecule has 7 nitrogen and oxygen atoms in total. The van der Waals surface area contributed by atoms with Gasteiger partial charge in [-0.15, -0.1) is 0 Å². The summed E-state index contributed by atoms with van der Waals surface area (Å²) in [6.07, 6.45) is 5.03. The molecule has 0 aliphatic carbocycles. The number of aryl methyl sites for hydroxylation is 1. The number of hydrogen-bond acceptors (Lipinski definition) is 6. The lowest BCUT2D eigenvalue weighted by molar-refractivity contribution is 0.0923. The minimum atomic E-state index is -0.0619. The fourth-order valence-electron chi connectivity index (χ4n) is 3.26. The molecule has 1 aliphatic rings. The van der Waals surface area contributed by atoms with Crippen molar-refractivity contribution in [3.8, 4) is 5.75 Å². The van der Waals surface area contributed by atoms with Crippen LogP contribution >= 0.6 is 11.3 Å². The summed E-state index contributed by atoms with van der Waals surface area (Å²) in [5, 5.41) is 4.13. The molecule has 1 aromatic carbocycles. The van der Waals surface area contributed by atoms with Crippen LogP contribution in [0.3, 0.4) is 0 Å². The van der Waals surface area contributed by atoms with Gasteiger partial charge in [-0.05, 0) is 25.0 Å². The quantitative estimate of drug-likeness (QED) is 0.763. The second kappa shape index (κ2) is 6.95. The average molecular weight is 371 g/mol. The molecule has 2 aromatic heterocycles. The molecule has 26 heavy (non-hydrogen) atoms. The monoisotopic (exact) mass is 371 g/mol. The van der Waals surface area contributed by atoms with Crippen molar-refractivity contribution in [1.82, 2.24) is 19.9 Å². The zero-order valence-corrected chi connectivity index (χ0v) is 15.6. The number of hydrogen-bond donors (Lipinski definition) is 1. The molecule has 0 spiro atoms. The van der Waals surface area contributed by atoms with Crippen LogP contribution in [-0.2, 0) is 7.05 Å². The van der Waals surface area contributed by atoms with Crippen molar-refractivity contribution in [2.45, 2.75) is 18.9 Å². The van der Waals surface area contributed by atoms with E-state index in [1.54, 1.807) is 35.5 Å². The highest BCUT2D eigenvalue weighted by Crippen LogP contribution is 2.34. The molecule has 0 saturated carbocycles. The topological polar surface area (TPSA) is 72.3 Å². The van der Waals surface area contributed by atoms with Crippen LogP contribution in [0.1, 0.15) is 23.3 Å². The number of aromatic nitrogens is 3. The number of nitrogens with one attached hydrogen (secondary N) is 1. The Bertz CT molecular complexity index is 927. The molecule has 0 radical (unpaired) electrons. The predicted molar refractivity (Wildman–Crippen MR) is 102 cm³/mol. The number of anilines is 1. The number of carbonyl (C=O) groups excluding carboxylic acids is 1. The predicted octanol–water partition coefficient (Wildman–Crippen LogP) is 2.44. The van der Waals surface area contributed by atoms with E-state index in [-0.39, 0.29) is 11.9 Å². The first kappa shape index (κ1) is 16.8. The standard InChI is InChI=1S/C18H21N5O2S/c1-22-11-19-10-13(22)17(24)20-12-6-8-23(9-7-12)18-21-16-14(25-2)4-3-5-15(16)26-18/h3-5,10-12H,6-9H2,1-2H3,(H,20,24). The van der Waals surface area contributed by atoms with E-state index >= 15 is 0 Å². The Hall–Kier alpha value is -2.61. The van der Waals surface area contributed by atoms with Crippen molar-refractivity contribution in [3.05, 3.63) is 36.4 Å². The molecular weight excluding hydrogens is 350 g/mol. The van der Waals surface area contributed by atoms with E-state index in [0.29, 0.717) is 5.69 Å². The lowest BCUT2D eigenvalue weighted by Gasteiger charge is -2.32. The molecular formula is C18H21N5O2S. The normalized spacial score (nSPS) is 15.4. The number of benzene rings is 1. The van der Waals surface area contributed by atoms with Crippen molar-refractivity contribution < 1.29 is 9.53 Å². The van der Waals surface area contributed by atoms with Gasteiger partial charge in [0.15, 0.2) is 5.13 Å². The molecule has 136 valence electrons. The summed E-state index contributed by atoms with van der Waals surface area (Å²) in [5.74, 6) is 0.747. The summed E-state index contributed by atoms with van der Waals surface area (Å²) in [5.41, 5.74) is 1.51. The maximum Gasteiger partial charge on any atom is 0.269 e. The average Bonchev–Trinajstić information content (AvgIpc) is 3.28. The maximum absolute atomic E-state index is 12.3. The minimum absolute atomic E-state index is 0.0619. The Morgan fingerprint density at radius 1 is 1.35 bits per heavy atom. The minimum Gasteiger partial charge on any atom is -0.494 e. The SMILES string of the molecule is COc1cccc2sc(N3CCC(NC(=O)c4cncn4C)CC3)nc12. The van der Waals surface area contributed by atoms with Crippen LogP contribution in [-0.4, -0.2) is 46.7 Å². The molecule has 1 N–H and O–H groups in total. The summed E-state index contributed by atoms with van der Waals surface area (Å²) in [6.45, 7) is 1.75. The molecule has 3 aromatic rings. The van der Waals surface area contributed by atoms with Gasteiger partial charge in [-0.2, -0.15) is 0 Å². The van der Waals surface area contributed by atoms with Gasteiger partial charge in [0.1, 0.15) is 17.0 Å². The number of methoxy groups -OCH3 is 1. The van der Waals surface area contributed by atoms with E-state index < -0.39 is 0 Å². The van der Waals surface area contributed by atoms with Gasteiger partial charge in [0.25, 0.3) is 5.91 Å². The number of nitrogens with zero attached hydrogens (tertiary/aromatic N) is 4. The molecule has 1 fully saturated rings. The van der Waals surface area contributed by atoms with Crippen LogP contribution in [0, 0.1) is 0 Å². The molecule has 1 amide bonds. The van der Waals surface area contributed by atoms with Crippen LogP contribution in [0.4, 0.5) is 5.13 Å². The number of rotatable bonds is 4. The van der Waals surface area contributed by atoms with Gasteiger partial charge in [0, 0.05) is 26.2 Å². The van der Waals surface area contributed by atoms with E-state index in [1.807, 2.05) is 19.2 Å². The first-order valence-electron chi connectivity index (χ1n) is 8.61. The summed E-state index contributed by atoms with van der Waals surface area (Å²) in [7, 11) is 3.50. The summed E-state index contributed by atoms with van der Waals surface area (Å²) in [4.78, 5) is 23.4. The van der Waals surface area contributed by atoms with Crippen molar-refractivity contribution in [2.75, 3.05) is 25.1 Å². The smallest absolute Gasteiger partial charge is 0.269 e. The number of carbonyl (C=O) groups is 1. The highest BCUT2D eigenvalue weighted by atomic mass is 32.1. The maximum atomic E-state index is 12.3. The van der Waals surface area contributed by atoms with E-state index in [2.05, 4.69) is 21.3 Å². The Kier molecular flexibility index (Phi) is 4.50. The number of imidazole rings is 1. The second-order valence-corrected chi connectivity index (χ2v) is 7.44. The molecule has 1 aliphatic heterocycles. The molecule has 3 heterocycles. The fourth-order valence-corrected chi connectivity index (χ4v) is 4.30. The highest BCUT2D eigenvalue weighted by molar-refractivity contribution is 7.22. The third kappa shape index (κ3) is 3.12. The van der Waals surface area contributed by atoms with Gasteiger partial charge in [-0.3, -0.25) is 4.79 Å². The largest absolute Gasteiger partial charge is 0.494 e. The fraction of sp³-hybridized carbons (Fsp3) is 0.389. The Morgan fingerprint density at radius 3 is 2.85 bits per heavy atom. The lowest BCUT2D eigenvalue weighted by Crippen LogP contribution is -2.45. The Balaban J connectivity index is 1.41. The van der Waals surface area contributed by atoms with E-state index in [1.165, 1.54) is 0 Å². The lowest BCUT2D eigenvalue weighted by atomic mass is 10.1. The first-order chi connectivity index (χ1) is 12.7. The van der Waals surface area contributed by atoms with Crippen LogP contribution in [0.15, 0.2) is 30.7 Å². The van der Waals surface area contributed by atoms with Crippen LogP contribution in [0.5, 0.6) is 5.75 Å². The molecule has 4 rings (SSSR count). The van der Waals surface area contributed by atoms with E-state index in [4.69, 9.17) is 9.72 Å². The number of ether oxygens (including phenoxy) is 1. The van der Waals surface area contributed by atoms with Crippen molar-refractivity contribution in [2.24, 2.45) is 7.05 Å². The van der Waals surface area contributed by atoms with Crippen LogP contribution in [0.25, 0.3) is 10.2 Å². The van der Waals surface area contributed by atoms with Gasteiger partial charge in [-0.25, -0.2) is 9.97 Å². The molecule has 0 bridgehead atoms.